The Hall–Kier alpha value is -1.24. The molecular formula is C21H18BrNO2S2. The summed E-state index contributed by atoms with van der Waals surface area (Å²) in [4.78, 5) is 16.4. The van der Waals surface area contributed by atoms with E-state index in [1.807, 2.05) is 23.9 Å². The normalized spacial score (nSPS) is 31.1. The Morgan fingerprint density at radius 3 is 2.74 bits per heavy atom. The highest BCUT2D eigenvalue weighted by molar-refractivity contribution is 9.10. The molecule has 1 N–H and O–H groups in total. The summed E-state index contributed by atoms with van der Waals surface area (Å²) in [5.41, 5.74) is 1.08. The second-order valence-corrected chi connectivity index (χ2v) is 11.0. The second kappa shape index (κ2) is 6.13. The molecule has 138 valence electrons. The first-order valence-electron chi connectivity index (χ1n) is 9.43. The minimum absolute atomic E-state index is 0.0597. The van der Waals surface area contributed by atoms with Crippen molar-refractivity contribution in [2.75, 3.05) is 0 Å². The van der Waals surface area contributed by atoms with Crippen molar-refractivity contribution < 1.29 is 4.42 Å². The van der Waals surface area contributed by atoms with Gasteiger partial charge in [0.1, 0.15) is 11.5 Å². The van der Waals surface area contributed by atoms with Gasteiger partial charge in [-0.25, -0.2) is 0 Å². The quantitative estimate of drug-likeness (QED) is 0.502. The molecule has 2 bridgehead atoms. The van der Waals surface area contributed by atoms with E-state index in [9.17, 15) is 4.79 Å². The summed E-state index contributed by atoms with van der Waals surface area (Å²) >= 11 is 6.79. The van der Waals surface area contributed by atoms with Crippen molar-refractivity contribution in [3.8, 4) is 11.3 Å². The van der Waals surface area contributed by atoms with Gasteiger partial charge in [-0.05, 0) is 61.3 Å². The van der Waals surface area contributed by atoms with Crippen LogP contribution in [0.25, 0.3) is 11.3 Å². The third-order valence-electron chi connectivity index (χ3n) is 6.53. The van der Waals surface area contributed by atoms with Gasteiger partial charge < -0.3 is 9.40 Å². The molecular weight excluding hydrogens is 442 g/mol. The maximum atomic E-state index is 12.1. The number of nitrogens with one attached hydrogen (secondary N) is 1. The Kier molecular flexibility index (Phi) is 3.79. The van der Waals surface area contributed by atoms with E-state index in [-0.39, 0.29) is 10.8 Å². The van der Waals surface area contributed by atoms with Crippen molar-refractivity contribution in [2.24, 2.45) is 17.8 Å². The molecule has 2 fully saturated rings. The first-order chi connectivity index (χ1) is 13.2. The highest BCUT2D eigenvalue weighted by Crippen LogP contribution is 2.63. The van der Waals surface area contributed by atoms with E-state index in [0.29, 0.717) is 11.2 Å². The lowest BCUT2D eigenvalue weighted by molar-refractivity contribution is 0.285. The average Bonchev–Trinajstić information content (AvgIpc) is 3.43. The molecule has 5 atom stereocenters. The molecule has 0 saturated heterocycles. The number of aromatic nitrogens is 1. The minimum atomic E-state index is 0.0597. The minimum Gasteiger partial charge on any atom is -0.460 e. The van der Waals surface area contributed by atoms with Crippen LogP contribution in [0.3, 0.4) is 0 Å². The Bertz CT molecular complexity index is 1070. The van der Waals surface area contributed by atoms with Gasteiger partial charge in [-0.1, -0.05) is 39.4 Å². The smallest absolute Gasteiger partial charge is 0.305 e. The summed E-state index contributed by atoms with van der Waals surface area (Å²) in [5.74, 6) is 4.30. The number of benzene rings is 1. The number of halogens is 1. The van der Waals surface area contributed by atoms with Gasteiger partial charge in [0, 0.05) is 15.3 Å². The van der Waals surface area contributed by atoms with Crippen LogP contribution in [0.1, 0.15) is 35.8 Å². The summed E-state index contributed by atoms with van der Waals surface area (Å²) in [6.07, 6.45) is 4.02. The summed E-state index contributed by atoms with van der Waals surface area (Å²) in [7, 11) is 0. The molecule has 27 heavy (non-hydrogen) atoms. The zero-order chi connectivity index (χ0) is 18.1. The molecule has 6 heteroatoms. The van der Waals surface area contributed by atoms with Crippen LogP contribution in [0.4, 0.5) is 0 Å². The SMILES string of the molecule is O=c1[nH]c2c(s1)[C@H](c1ccc(-c3ccc(Br)cc3)o1)[C@H]1[C@H]3CC[C@@H](C3)[C@@H]1S2. The molecule has 0 spiro atoms. The van der Waals surface area contributed by atoms with E-state index in [4.69, 9.17) is 4.42 Å². The Morgan fingerprint density at radius 1 is 1.07 bits per heavy atom. The van der Waals surface area contributed by atoms with Gasteiger partial charge in [0.05, 0.1) is 15.8 Å². The van der Waals surface area contributed by atoms with Gasteiger partial charge in [0.2, 0.25) is 0 Å². The van der Waals surface area contributed by atoms with E-state index in [0.717, 1.165) is 38.4 Å². The molecule has 0 radical (unpaired) electrons. The van der Waals surface area contributed by atoms with Crippen molar-refractivity contribution in [3.05, 3.63) is 61.2 Å². The van der Waals surface area contributed by atoms with Crippen LogP contribution in [0, 0.1) is 17.8 Å². The van der Waals surface area contributed by atoms with Crippen molar-refractivity contribution in [1.82, 2.24) is 4.98 Å². The third kappa shape index (κ3) is 2.56. The third-order valence-corrected chi connectivity index (χ3v) is 9.68. The molecule has 3 aliphatic rings. The number of thiazole rings is 1. The Labute approximate surface area is 173 Å². The molecule has 0 amide bonds. The predicted octanol–water partition coefficient (Wildman–Crippen LogP) is 6.11. The van der Waals surface area contributed by atoms with Crippen molar-refractivity contribution in [3.63, 3.8) is 0 Å². The summed E-state index contributed by atoms with van der Waals surface area (Å²) in [6, 6.07) is 12.4. The highest BCUT2D eigenvalue weighted by Gasteiger charge is 2.55. The number of H-pyrrole nitrogens is 1. The first-order valence-corrected chi connectivity index (χ1v) is 11.9. The zero-order valence-corrected chi connectivity index (χ0v) is 17.7. The molecule has 1 aromatic carbocycles. The van der Waals surface area contributed by atoms with Crippen molar-refractivity contribution in [1.29, 1.82) is 0 Å². The fraction of sp³-hybridized carbons (Fsp3) is 0.381. The number of thioether (sulfide) groups is 1. The first kappa shape index (κ1) is 16.7. The zero-order valence-electron chi connectivity index (χ0n) is 14.5. The average molecular weight is 460 g/mol. The van der Waals surface area contributed by atoms with E-state index in [1.165, 1.54) is 35.5 Å². The Balaban J connectivity index is 1.45. The number of rotatable bonds is 2. The summed E-state index contributed by atoms with van der Waals surface area (Å²) in [6.45, 7) is 0. The standard InChI is InChI=1S/C21H18BrNO2S2/c22-13-5-3-10(4-6-13)14-7-8-15(25-14)17-16-11-1-2-12(9-11)18(16)26-20-19(17)27-21(24)23-20/h3-8,11-12,16-18H,1-2,9H2,(H,23,24)/t11-,12-,16+,17+,18-/m0/s1. The van der Waals surface area contributed by atoms with Crippen LogP contribution in [0.5, 0.6) is 0 Å². The molecule has 2 aromatic heterocycles. The topological polar surface area (TPSA) is 46.0 Å². The van der Waals surface area contributed by atoms with Gasteiger partial charge >= 0.3 is 4.87 Å². The van der Waals surface area contributed by atoms with Crippen LogP contribution in [0.15, 0.2) is 55.1 Å². The van der Waals surface area contributed by atoms with Crippen LogP contribution in [0.2, 0.25) is 0 Å². The molecule has 6 rings (SSSR count). The lowest BCUT2D eigenvalue weighted by Gasteiger charge is -2.38. The molecule has 1 aliphatic heterocycles. The van der Waals surface area contributed by atoms with E-state index in [1.54, 1.807) is 0 Å². The van der Waals surface area contributed by atoms with Crippen molar-refractivity contribution >= 4 is 39.0 Å². The molecule has 3 heterocycles. The van der Waals surface area contributed by atoms with Gasteiger partial charge in [-0.2, -0.15) is 0 Å². The summed E-state index contributed by atoms with van der Waals surface area (Å²) < 4.78 is 7.46. The van der Waals surface area contributed by atoms with Crippen LogP contribution < -0.4 is 4.87 Å². The van der Waals surface area contributed by atoms with E-state index < -0.39 is 0 Å². The molecule has 2 aliphatic carbocycles. The lowest BCUT2D eigenvalue weighted by atomic mass is 9.77. The monoisotopic (exact) mass is 459 g/mol. The fourth-order valence-corrected chi connectivity index (χ4v) is 8.60. The predicted molar refractivity (Wildman–Crippen MR) is 113 cm³/mol. The highest BCUT2D eigenvalue weighted by atomic mass is 79.9. The number of hydrogen-bond donors (Lipinski definition) is 1. The number of furan rings is 1. The molecule has 2 saturated carbocycles. The number of hydrogen-bond acceptors (Lipinski definition) is 4. The van der Waals surface area contributed by atoms with Gasteiger partial charge in [-0.15, -0.1) is 11.8 Å². The van der Waals surface area contributed by atoms with Crippen LogP contribution in [-0.2, 0) is 0 Å². The maximum Gasteiger partial charge on any atom is 0.305 e. The van der Waals surface area contributed by atoms with Gasteiger partial charge in [0.15, 0.2) is 0 Å². The van der Waals surface area contributed by atoms with Crippen molar-refractivity contribution in [2.45, 2.75) is 35.5 Å². The van der Waals surface area contributed by atoms with Crippen LogP contribution in [-0.4, -0.2) is 10.2 Å². The molecule has 3 nitrogen and oxygen atoms in total. The Morgan fingerprint density at radius 2 is 1.89 bits per heavy atom. The van der Waals surface area contributed by atoms with Gasteiger partial charge in [0.25, 0.3) is 0 Å². The maximum absolute atomic E-state index is 12.1. The number of fused-ring (bicyclic) bond motifs is 6. The van der Waals surface area contributed by atoms with Crippen LogP contribution >= 0.6 is 39.0 Å². The van der Waals surface area contributed by atoms with E-state index >= 15 is 0 Å². The van der Waals surface area contributed by atoms with Gasteiger partial charge in [-0.3, -0.25) is 4.79 Å². The lowest BCUT2D eigenvalue weighted by Crippen LogP contribution is -2.33. The fourth-order valence-electron chi connectivity index (χ4n) is 5.46. The molecule has 3 aromatic rings. The van der Waals surface area contributed by atoms with E-state index in [2.05, 4.69) is 45.2 Å². The number of aromatic amines is 1. The second-order valence-electron chi connectivity index (χ2n) is 7.89. The summed E-state index contributed by atoms with van der Waals surface area (Å²) in [5, 5.41) is 1.71. The largest absolute Gasteiger partial charge is 0.460 e. The molecule has 0 unspecified atom stereocenters.